The van der Waals surface area contributed by atoms with E-state index >= 15 is 0 Å². The normalized spacial score (nSPS) is 23.6. The van der Waals surface area contributed by atoms with E-state index < -0.39 is 17.5 Å². The third-order valence-corrected chi connectivity index (χ3v) is 4.43. The van der Waals surface area contributed by atoms with Crippen molar-refractivity contribution in [2.24, 2.45) is 11.8 Å². The molecule has 0 radical (unpaired) electrons. The summed E-state index contributed by atoms with van der Waals surface area (Å²) in [4.78, 5) is 0. The number of hydrogen-bond acceptors (Lipinski definition) is 0. The van der Waals surface area contributed by atoms with Gasteiger partial charge in [0.1, 0.15) is 0 Å². The Labute approximate surface area is 113 Å². The Hall–Kier alpha value is -0.990. The van der Waals surface area contributed by atoms with Crippen LogP contribution in [0.5, 0.6) is 0 Å². The number of benzene rings is 1. The molecule has 1 aliphatic carbocycles. The first-order chi connectivity index (χ1) is 9.10. The van der Waals surface area contributed by atoms with Gasteiger partial charge in [-0.3, -0.25) is 0 Å². The Bertz CT molecular complexity index is 397. The average molecular weight is 270 g/mol. The molecule has 2 rings (SSSR count). The fraction of sp³-hybridized carbons (Fsp3) is 0.625. The van der Waals surface area contributed by atoms with Gasteiger partial charge in [-0.2, -0.15) is 0 Å². The lowest BCUT2D eigenvalue weighted by atomic mass is 9.78. The molecule has 0 nitrogen and oxygen atoms in total. The summed E-state index contributed by atoms with van der Waals surface area (Å²) >= 11 is 0. The minimum Gasteiger partial charge on any atom is -0.204 e. The minimum absolute atomic E-state index is 0.564. The van der Waals surface area contributed by atoms with Crippen LogP contribution in [0.1, 0.15) is 51.0 Å². The lowest BCUT2D eigenvalue weighted by molar-refractivity contribution is 0.258. The molecule has 106 valence electrons. The van der Waals surface area contributed by atoms with Gasteiger partial charge in [-0.15, -0.1) is 0 Å². The van der Waals surface area contributed by atoms with E-state index in [1.165, 1.54) is 32.1 Å². The number of hydrogen-bond donors (Lipinski definition) is 0. The molecule has 3 heteroatoms. The molecule has 0 saturated heterocycles. The maximum absolute atomic E-state index is 13.1. The molecule has 19 heavy (non-hydrogen) atoms. The molecule has 0 aromatic heterocycles. The average Bonchev–Trinajstić information content (AvgIpc) is 2.43. The van der Waals surface area contributed by atoms with Gasteiger partial charge in [-0.05, 0) is 42.4 Å². The molecule has 1 aromatic rings. The Kier molecular flexibility index (Phi) is 4.89. The summed E-state index contributed by atoms with van der Waals surface area (Å²) in [6.45, 7) is 2.23. The lowest BCUT2D eigenvalue weighted by Crippen LogP contribution is -2.14. The van der Waals surface area contributed by atoms with Crippen LogP contribution in [0.15, 0.2) is 12.1 Å². The molecule has 0 atom stereocenters. The third kappa shape index (κ3) is 3.74. The van der Waals surface area contributed by atoms with E-state index in [9.17, 15) is 13.2 Å². The van der Waals surface area contributed by atoms with E-state index in [1.54, 1.807) is 0 Å². The van der Waals surface area contributed by atoms with Gasteiger partial charge in [-0.25, -0.2) is 13.2 Å². The molecule has 1 fully saturated rings. The lowest BCUT2D eigenvalue weighted by Gasteiger charge is -2.27. The Morgan fingerprint density at radius 3 is 2.00 bits per heavy atom. The monoisotopic (exact) mass is 270 g/mol. The first-order valence-corrected chi connectivity index (χ1v) is 7.23. The minimum atomic E-state index is -1.37. The van der Waals surface area contributed by atoms with Crippen LogP contribution in [-0.2, 0) is 6.42 Å². The molecule has 1 aromatic carbocycles. The second-order valence-corrected chi connectivity index (χ2v) is 5.71. The molecule has 0 heterocycles. The van der Waals surface area contributed by atoms with Crippen LogP contribution in [0.2, 0.25) is 0 Å². The quantitative estimate of drug-likeness (QED) is 0.655. The Morgan fingerprint density at radius 2 is 1.47 bits per heavy atom. The first kappa shape index (κ1) is 14.4. The van der Waals surface area contributed by atoms with Gasteiger partial charge < -0.3 is 0 Å². The van der Waals surface area contributed by atoms with Gasteiger partial charge in [0.15, 0.2) is 17.5 Å². The number of halogens is 3. The standard InChI is InChI=1S/C16H21F3/c1-2-11-3-5-12(6-4-11)7-8-13-9-14(17)16(19)15(18)10-13/h9-12H,2-8H2,1H3/t11-,12-. The summed E-state index contributed by atoms with van der Waals surface area (Å²) in [6.07, 6.45) is 7.80. The van der Waals surface area contributed by atoms with E-state index in [1.807, 2.05) is 0 Å². The highest BCUT2D eigenvalue weighted by molar-refractivity contribution is 5.19. The van der Waals surface area contributed by atoms with Crippen molar-refractivity contribution in [2.45, 2.75) is 51.9 Å². The molecule has 1 saturated carbocycles. The summed E-state index contributed by atoms with van der Waals surface area (Å²) in [5.74, 6) is -2.02. The van der Waals surface area contributed by atoms with Gasteiger partial charge in [0.05, 0.1) is 0 Å². The van der Waals surface area contributed by atoms with Crippen molar-refractivity contribution >= 4 is 0 Å². The van der Waals surface area contributed by atoms with Gasteiger partial charge >= 0.3 is 0 Å². The van der Waals surface area contributed by atoms with Gasteiger partial charge in [-0.1, -0.05) is 39.0 Å². The Balaban J connectivity index is 1.86. The van der Waals surface area contributed by atoms with Crippen LogP contribution in [0.25, 0.3) is 0 Å². The van der Waals surface area contributed by atoms with E-state index in [0.29, 0.717) is 17.9 Å². The fourth-order valence-corrected chi connectivity index (χ4v) is 3.05. The Morgan fingerprint density at radius 1 is 0.947 bits per heavy atom. The molecule has 0 amide bonds. The maximum atomic E-state index is 13.1. The summed E-state index contributed by atoms with van der Waals surface area (Å²) in [5, 5.41) is 0. The highest BCUT2D eigenvalue weighted by atomic mass is 19.2. The van der Waals surface area contributed by atoms with Crippen LogP contribution < -0.4 is 0 Å². The zero-order chi connectivity index (χ0) is 13.8. The molecular formula is C16H21F3. The maximum Gasteiger partial charge on any atom is 0.194 e. The molecule has 0 N–H and O–H groups in total. The fourth-order valence-electron chi connectivity index (χ4n) is 3.05. The van der Waals surface area contributed by atoms with E-state index in [0.717, 1.165) is 24.5 Å². The van der Waals surface area contributed by atoms with Crippen LogP contribution >= 0.6 is 0 Å². The molecule has 0 unspecified atom stereocenters. The van der Waals surface area contributed by atoms with Crippen LogP contribution in [-0.4, -0.2) is 0 Å². The molecule has 0 spiro atoms. The summed E-state index contributed by atoms with van der Waals surface area (Å²) < 4.78 is 39.0. The van der Waals surface area contributed by atoms with Gasteiger partial charge in [0.2, 0.25) is 0 Å². The van der Waals surface area contributed by atoms with Gasteiger partial charge in [0, 0.05) is 0 Å². The summed E-state index contributed by atoms with van der Waals surface area (Å²) in [5.41, 5.74) is 0.564. The second kappa shape index (κ2) is 6.44. The van der Waals surface area contributed by atoms with Crippen LogP contribution in [0.3, 0.4) is 0 Å². The van der Waals surface area contributed by atoms with E-state index in [-0.39, 0.29) is 0 Å². The predicted molar refractivity (Wildman–Crippen MR) is 70.4 cm³/mol. The summed E-state index contributed by atoms with van der Waals surface area (Å²) in [6, 6.07) is 2.24. The van der Waals surface area contributed by atoms with Crippen molar-refractivity contribution in [1.29, 1.82) is 0 Å². The van der Waals surface area contributed by atoms with Crippen molar-refractivity contribution < 1.29 is 13.2 Å². The van der Waals surface area contributed by atoms with Crippen molar-refractivity contribution in [1.82, 2.24) is 0 Å². The first-order valence-electron chi connectivity index (χ1n) is 7.23. The largest absolute Gasteiger partial charge is 0.204 e. The number of aryl methyl sites for hydroxylation is 1. The van der Waals surface area contributed by atoms with E-state index in [4.69, 9.17) is 0 Å². The molecule has 0 bridgehead atoms. The van der Waals surface area contributed by atoms with Gasteiger partial charge in [0.25, 0.3) is 0 Å². The summed E-state index contributed by atoms with van der Waals surface area (Å²) in [7, 11) is 0. The smallest absolute Gasteiger partial charge is 0.194 e. The highest BCUT2D eigenvalue weighted by Gasteiger charge is 2.20. The molecule has 1 aliphatic rings. The van der Waals surface area contributed by atoms with Crippen molar-refractivity contribution in [3.05, 3.63) is 35.1 Å². The zero-order valence-corrected chi connectivity index (χ0v) is 11.4. The number of rotatable bonds is 4. The van der Waals surface area contributed by atoms with Crippen molar-refractivity contribution in [3.63, 3.8) is 0 Å². The molecule has 0 aliphatic heterocycles. The topological polar surface area (TPSA) is 0 Å². The van der Waals surface area contributed by atoms with Crippen LogP contribution in [0.4, 0.5) is 13.2 Å². The second-order valence-electron chi connectivity index (χ2n) is 5.71. The predicted octanol–water partition coefficient (Wildman–Crippen LogP) is 5.25. The third-order valence-electron chi connectivity index (χ3n) is 4.43. The van der Waals surface area contributed by atoms with Crippen molar-refractivity contribution in [2.75, 3.05) is 0 Å². The highest BCUT2D eigenvalue weighted by Crippen LogP contribution is 2.33. The SMILES string of the molecule is CC[C@H]1CC[C@H](CCc2cc(F)c(F)c(F)c2)CC1. The zero-order valence-electron chi connectivity index (χ0n) is 11.4. The van der Waals surface area contributed by atoms with Crippen LogP contribution in [0, 0.1) is 29.3 Å². The van der Waals surface area contributed by atoms with E-state index in [2.05, 4.69) is 6.92 Å². The van der Waals surface area contributed by atoms with Crippen molar-refractivity contribution in [3.8, 4) is 0 Å². The molecular weight excluding hydrogens is 249 g/mol.